The van der Waals surface area contributed by atoms with Gasteiger partial charge in [-0.15, -0.1) is 0 Å². The van der Waals surface area contributed by atoms with E-state index in [1.54, 1.807) is 0 Å². The zero-order chi connectivity index (χ0) is 28.1. The van der Waals surface area contributed by atoms with Crippen LogP contribution in [0, 0.1) is 11.8 Å². The van der Waals surface area contributed by atoms with Crippen LogP contribution in [0.2, 0.25) is 0 Å². The highest BCUT2D eigenvalue weighted by atomic mass is 16.4. The monoisotopic (exact) mass is 535 g/mol. The Bertz CT molecular complexity index is 1440. The number of anilines is 1. The molecule has 0 saturated carbocycles. The smallest absolute Gasteiger partial charge is 0.341 e. The first-order chi connectivity index (χ1) is 19.4. The summed E-state index contributed by atoms with van der Waals surface area (Å²) in [5.74, 6) is -0.110. The normalized spacial score (nSPS) is 16.9. The molecule has 6 nitrogen and oxygen atoms in total. The maximum absolute atomic E-state index is 12.3. The van der Waals surface area contributed by atoms with Crippen molar-refractivity contribution in [3.63, 3.8) is 0 Å². The number of benzene rings is 3. The van der Waals surface area contributed by atoms with Gasteiger partial charge in [0.1, 0.15) is 5.56 Å². The minimum absolute atomic E-state index is 0.220. The highest BCUT2D eigenvalue weighted by Gasteiger charge is 2.31. The fraction of sp³-hybridized carbons (Fsp3) is 0.294. The highest BCUT2D eigenvalue weighted by molar-refractivity contribution is 5.88. The molecule has 1 saturated heterocycles. The zero-order valence-corrected chi connectivity index (χ0v) is 23.2. The van der Waals surface area contributed by atoms with Crippen LogP contribution in [0.15, 0.2) is 95.8 Å². The molecule has 1 aliphatic rings. The van der Waals surface area contributed by atoms with Gasteiger partial charge in [-0.1, -0.05) is 86.6 Å². The van der Waals surface area contributed by atoms with Gasteiger partial charge in [-0.05, 0) is 58.7 Å². The molecule has 1 aliphatic heterocycles. The van der Waals surface area contributed by atoms with E-state index < -0.39 is 11.5 Å². The molecule has 3 aromatic carbocycles. The Labute approximate surface area is 235 Å². The molecular weight excluding hydrogens is 498 g/mol. The van der Waals surface area contributed by atoms with Gasteiger partial charge in [0.25, 0.3) is 5.56 Å². The van der Waals surface area contributed by atoms with Crippen molar-refractivity contribution in [3.8, 4) is 11.3 Å². The Morgan fingerprint density at radius 3 is 2.08 bits per heavy atom. The summed E-state index contributed by atoms with van der Waals surface area (Å²) < 4.78 is 0. The molecule has 2 atom stereocenters. The molecule has 5 rings (SSSR count). The predicted octanol–water partition coefficient (Wildman–Crippen LogP) is 6.08. The summed E-state index contributed by atoms with van der Waals surface area (Å²) in [6.45, 7) is 9.17. The third-order valence-electron chi connectivity index (χ3n) is 8.01. The van der Waals surface area contributed by atoms with E-state index in [1.165, 1.54) is 22.9 Å². The molecule has 2 N–H and O–H groups in total. The van der Waals surface area contributed by atoms with E-state index in [4.69, 9.17) is 0 Å². The Hall–Kier alpha value is -4.16. The number of H-pyrrole nitrogens is 1. The van der Waals surface area contributed by atoms with Crippen LogP contribution in [0.3, 0.4) is 0 Å². The highest BCUT2D eigenvalue weighted by Crippen LogP contribution is 2.31. The molecule has 40 heavy (non-hydrogen) atoms. The van der Waals surface area contributed by atoms with Crippen molar-refractivity contribution in [2.45, 2.75) is 33.4 Å². The van der Waals surface area contributed by atoms with Gasteiger partial charge in [-0.2, -0.15) is 0 Å². The largest absolute Gasteiger partial charge is 0.477 e. The lowest BCUT2D eigenvalue weighted by Crippen LogP contribution is -2.32. The standard InChI is InChI=1S/C34H37N3O3/c1-3-27-18-31(34(39)40)33(38)35-32(27)28-14-16-30(17-15-28)37-19-24(2)29(23-37)22-36(20-25-10-6-4-7-11-25)21-26-12-8-5-9-13-26/h4-18,24,29H,3,19-23H2,1-2H3,(H,35,38)(H,39,40)/t24-,29-/m1/s1. The quantitative estimate of drug-likeness (QED) is 0.258. The summed E-state index contributed by atoms with van der Waals surface area (Å²) in [6, 6.07) is 31.2. The Morgan fingerprint density at radius 1 is 0.925 bits per heavy atom. The average molecular weight is 536 g/mol. The number of rotatable bonds is 10. The number of hydrogen-bond acceptors (Lipinski definition) is 4. The SMILES string of the molecule is CCc1cc(C(=O)O)c(=O)[nH]c1-c1ccc(N2C[C@@H](CN(Cc3ccccc3)Cc3ccccc3)[C@H](C)C2)cc1. The van der Waals surface area contributed by atoms with E-state index in [9.17, 15) is 14.7 Å². The maximum Gasteiger partial charge on any atom is 0.341 e. The van der Waals surface area contributed by atoms with Gasteiger partial charge in [0.2, 0.25) is 0 Å². The van der Waals surface area contributed by atoms with Gasteiger partial charge in [-0.25, -0.2) is 4.79 Å². The van der Waals surface area contributed by atoms with Crippen LogP contribution in [0.1, 0.15) is 40.9 Å². The van der Waals surface area contributed by atoms with Crippen molar-refractivity contribution in [1.82, 2.24) is 9.88 Å². The molecule has 6 heteroatoms. The lowest BCUT2D eigenvalue weighted by atomic mass is 9.97. The lowest BCUT2D eigenvalue weighted by molar-refractivity contribution is 0.0695. The molecule has 1 fully saturated rings. The topological polar surface area (TPSA) is 76.6 Å². The molecule has 206 valence electrons. The molecule has 0 aliphatic carbocycles. The number of pyridine rings is 1. The number of carboxylic acids is 1. The number of aromatic amines is 1. The number of carbonyl (C=O) groups is 1. The minimum Gasteiger partial charge on any atom is -0.477 e. The van der Waals surface area contributed by atoms with E-state index in [0.717, 1.165) is 43.9 Å². The summed E-state index contributed by atoms with van der Waals surface area (Å²) in [5, 5.41) is 9.32. The van der Waals surface area contributed by atoms with Crippen LogP contribution < -0.4 is 10.5 Å². The van der Waals surface area contributed by atoms with Crippen molar-refractivity contribution in [2.24, 2.45) is 11.8 Å². The second-order valence-corrected chi connectivity index (χ2v) is 10.9. The first kappa shape index (κ1) is 27.4. The number of carboxylic acid groups (broad SMARTS) is 1. The Balaban J connectivity index is 1.30. The molecule has 4 aromatic rings. The van der Waals surface area contributed by atoms with Gasteiger partial charge < -0.3 is 15.0 Å². The molecule has 0 spiro atoms. The number of nitrogens with one attached hydrogen (secondary N) is 1. The van der Waals surface area contributed by atoms with Gasteiger partial charge in [0.05, 0.1) is 5.69 Å². The van der Waals surface area contributed by atoms with Crippen LogP contribution in [-0.2, 0) is 19.5 Å². The van der Waals surface area contributed by atoms with E-state index in [0.29, 0.717) is 24.0 Å². The Morgan fingerprint density at radius 2 is 1.52 bits per heavy atom. The predicted molar refractivity (Wildman–Crippen MR) is 161 cm³/mol. The fourth-order valence-corrected chi connectivity index (χ4v) is 5.79. The van der Waals surface area contributed by atoms with Gasteiger partial charge in [-0.3, -0.25) is 9.69 Å². The number of aromatic carboxylic acids is 1. The van der Waals surface area contributed by atoms with Crippen LogP contribution in [0.4, 0.5) is 5.69 Å². The number of aryl methyl sites for hydroxylation is 1. The first-order valence-electron chi connectivity index (χ1n) is 14.1. The van der Waals surface area contributed by atoms with E-state index >= 15 is 0 Å². The minimum atomic E-state index is -1.21. The molecule has 0 bridgehead atoms. The molecule has 0 amide bonds. The van der Waals surface area contributed by atoms with Gasteiger partial charge in [0.15, 0.2) is 0 Å². The zero-order valence-electron chi connectivity index (χ0n) is 23.2. The summed E-state index contributed by atoms with van der Waals surface area (Å²) in [7, 11) is 0. The summed E-state index contributed by atoms with van der Waals surface area (Å²) in [6.07, 6.45) is 0.627. The fourth-order valence-electron chi connectivity index (χ4n) is 5.79. The molecule has 0 unspecified atom stereocenters. The van der Waals surface area contributed by atoms with E-state index in [-0.39, 0.29) is 5.56 Å². The van der Waals surface area contributed by atoms with Crippen LogP contribution in [-0.4, -0.2) is 40.6 Å². The number of nitrogens with zero attached hydrogens (tertiary/aromatic N) is 2. The summed E-state index contributed by atoms with van der Waals surface area (Å²) in [5.41, 5.74) is 5.42. The average Bonchev–Trinajstić information content (AvgIpc) is 3.33. The second-order valence-electron chi connectivity index (χ2n) is 10.9. The van der Waals surface area contributed by atoms with Crippen molar-refractivity contribution >= 4 is 11.7 Å². The Kier molecular flexibility index (Phi) is 8.46. The van der Waals surface area contributed by atoms with Gasteiger partial charge in [0, 0.05) is 38.4 Å². The number of hydrogen-bond donors (Lipinski definition) is 2. The van der Waals surface area contributed by atoms with Crippen molar-refractivity contribution in [1.29, 1.82) is 0 Å². The first-order valence-corrected chi connectivity index (χ1v) is 14.1. The van der Waals surface area contributed by atoms with E-state index in [2.05, 4.69) is 94.5 Å². The lowest BCUT2D eigenvalue weighted by Gasteiger charge is -2.27. The molecule has 1 aromatic heterocycles. The third-order valence-corrected chi connectivity index (χ3v) is 8.01. The van der Waals surface area contributed by atoms with Crippen molar-refractivity contribution in [3.05, 3.63) is 124 Å². The number of aromatic nitrogens is 1. The van der Waals surface area contributed by atoms with Crippen LogP contribution >= 0.6 is 0 Å². The third kappa shape index (κ3) is 6.35. The van der Waals surface area contributed by atoms with E-state index in [1.807, 2.05) is 19.1 Å². The van der Waals surface area contributed by atoms with Crippen LogP contribution in [0.5, 0.6) is 0 Å². The molecule has 0 radical (unpaired) electrons. The molecule has 2 heterocycles. The van der Waals surface area contributed by atoms with Crippen molar-refractivity contribution < 1.29 is 9.90 Å². The van der Waals surface area contributed by atoms with Crippen molar-refractivity contribution in [2.75, 3.05) is 24.5 Å². The summed E-state index contributed by atoms with van der Waals surface area (Å²) in [4.78, 5) is 31.6. The maximum atomic E-state index is 12.3. The van der Waals surface area contributed by atoms with Gasteiger partial charge >= 0.3 is 5.97 Å². The molecular formula is C34H37N3O3. The van der Waals surface area contributed by atoms with Crippen LogP contribution in [0.25, 0.3) is 11.3 Å². The second kappa shape index (κ2) is 12.3. The summed E-state index contributed by atoms with van der Waals surface area (Å²) >= 11 is 0.